The van der Waals surface area contributed by atoms with Gasteiger partial charge in [0.05, 0.1) is 0 Å². The van der Waals surface area contributed by atoms with Crippen molar-refractivity contribution < 1.29 is 0 Å². The van der Waals surface area contributed by atoms with Crippen LogP contribution in [0.5, 0.6) is 0 Å². The van der Waals surface area contributed by atoms with Crippen LogP contribution >= 0.6 is 22.9 Å². The molecule has 15 heavy (non-hydrogen) atoms. The van der Waals surface area contributed by atoms with Gasteiger partial charge in [-0.3, -0.25) is 0 Å². The van der Waals surface area contributed by atoms with E-state index in [1.54, 1.807) is 0 Å². The van der Waals surface area contributed by atoms with Gasteiger partial charge in [-0.2, -0.15) is 0 Å². The number of rotatable bonds is 3. The monoisotopic (exact) mass is 238 g/mol. The van der Waals surface area contributed by atoms with Crippen molar-refractivity contribution >= 4 is 33.0 Å². The zero-order chi connectivity index (χ0) is 10.8. The Kier molecular flexibility index (Phi) is 3.32. The van der Waals surface area contributed by atoms with E-state index in [2.05, 4.69) is 43.5 Å². The predicted molar refractivity (Wildman–Crippen MR) is 70.0 cm³/mol. The molecule has 0 aliphatic carbocycles. The number of hydrogen-bond acceptors (Lipinski definition) is 1. The summed E-state index contributed by atoms with van der Waals surface area (Å²) >= 11 is 7.92. The second-order valence-corrected chi connectivity index (χ2v) is 5.72. The van der Waals surface area contributed by atoms with Crippen molar-refractivity contribution in [1.29, 1.82) is 0 Å². The molecule has 0 bridgehead atoms. The highest BCUT2D eigenvalue weighted by atomic mass is 35.5. The van der Waals surface area contributed by atoms with Crippen LogP contribution in [-0.4, -0.2) is 5.38 Å². The summed E-state index contributed by atoms with van der Waals surface area (Å²) in [6, 6.07) is 8.58. The van der Waals surface area contributed by atoms with Crippen LogP contribution in [0.4, 0.5) is 0 Å². The number of halogens is 1. The molecule has 0 aliphatic heterocycles. The first-order chi connectivity index (χ1) is 7.18. The van der Waals surface area contributed by atoms with E-state index in [0.29, 0.717) is 5.92 Å². The van der Waals surface area contributed by atoms with Gasteiger partial charge in [-0.15, -0.1) is 22.9 Å². The number of fused-ring (bicyclic) bond motifs is 1. The van der Waals surface area contributed by atoms with Gasteiger partial charge >= 0.3 is 0 Å². The van der Waals surface area contributed by atoms with Crippen molar-refractivity contribution in [2.45, 2.75) is 25.6 Å². The van der Waals surface area contributed by atoms with E-state index in [0.717, 1.165) is 6.42 Å². The topological polar surface area (TPSA) is 0 Å². The lowest BCUT2D eigenvalue weighted by atomic mass is 9.98. The molecule has 0 spiro atoms. The molecule has 0 N–H and O–H groups in total. The lowest BCUT2D eigenvalue weighted by Gasteiger charge is -2.12. The van der Waals surface area contributed by atoms with Gasteiger partial charge < -0.3 is 0 Å². The molecule has 1 aromatic heterocycles. The van der Waals surface area contributed by atoms with Crippen LogP contribution < -0.4 is 0 Å². The Morgan fingerprint density at radius 1 is 1.27 bits per heavy atom. The molecule has 2 aromatic rings. The van der Waals surface area contributed by atoms with E-state index in [1.807, 2.05) is 11.3 Å². The van der Waals surface area contributed by atoms with Gasteiger partial charge in [0.2, 0.25) is 0 Å². The van der Waals surface area contributed by atoms with Crippen molar-refractivity contribution in [2.75, 3.05) is 0 Å². The molecule has 0 aliphatic rings. The smallest absolute Gasteiger partial charge is 0.0345 e. The van der Waals surface area contributed by atoms with E-state index in [1.165, 1.54) is 15.6 Å². The summed E-state index contributed by atoms with van der Waals surface area (Å²) in [5, 5.41) is 3.90. The second kappa shape index (κ2) is 4.54. The molecular weight excluding hydrogens is 224 g/mol. The van der Waals surface area contributed by atoms with Gasteiger partial charge in [0.1, 0.15) is 0 Å². The molecule has 0 nitrogen and oxygen atoms in total. The SMILES string of the molecule is CC(Cl)C(C)Cc1csc2ccccc12. The van der Waals surface area contributed by atoms with Crippen molar-refractivity contribution in [1.82, 2.24) is 0 Å². The number of thiophene rings is 1. The van der Waals surface area contributed by atoms with Gasteiger partial charge in [0.25, 0.3) is 0 Å². The minimum absolute atomic E-state index is 0.240. The van der Waals surface area contributed by atoms with E-state index in [-0.39, 0.29) is 5.38 Å². The normalized spacial score (nSPS) is 15.4. The largest absolute Gasteiger partial charge is 0.144 e. The van der Waals surface area contributed by atoms with E-state index < -0.39 is 0 Å². The fraction of sp³-hybridized carbons (Fsp3) is 0.385. The summed E-state index contributed by atoms with van der Waals surface area (Å²) in [5.74, 6) is 0.532. The first-order valence-electron chi connectivity index (χ1n) is 5.27. The molecule has 0 radical (unpaired) electrons. The fourth-order valence-electron chi connectivity index (χ4n) is 1.70. The molecule has 80 valence electrons. The summed E-state index contributed by atoms with van der Waals surface area (Å²) in [4.78, 5) is 0. The zero-order valence-electron chi connectivity index (χ0n) is 9.03. The fourth-order valence-corrected chi connectivity index (χ4v) is 2.76. The maximum atomic E-state index is 6.10. The molecule has 0 amide bonds. The lowest BCUT2D eigenvalue weighted by Crippen LogP contribution is -2.09. The first-order valence-corrected chi connectivity index (χ1v) is 6.59. The average Bonchev–Trinajstić information content (AvgIpc) is 2.62. The quantitative estimate of drug-likeness (QED) is 0.680. The molecular formula is C13H15ClS. The molecule has 1 aromatic carbocycles. The maximum absolute atomic E-state index is 6.10. The van der Waals surface area contributed by atoms with E-state index in [4.69, 9.17) is 11.6 Å². The Bertz CT molecular complexity index is 444. The summed E-state index contributed by atoms with van der Waals surface area (Å²) < 4.78 is 1.38. The zero-order valence-corrected chi connectivity index (χ0v) is 10.6. The van der Waals surface area contributed by atoms with Crippen LogP contribution in [0, 0.1) is 5.92 Å². The van der Waals surface area contributed by atoms with Crippen LogP contribution in [-0.2, 0) is 6.42 Å². The Morgan fingerprint density at radius 2 is 2.00 bits per heavy atom. The van der Waals surface area contributed by atoms with Crippen molar-refractivity contribution in [3.8, 4) is 0 Å². The molecule has 2 rings (SSSR count). The third-order valence-corrected chi connectivity index (χ3v) is 4.33. The third kappa shape index (κ3) is 2.35. The predicted octanol–water partition coefficient (Wildman–Crippen LogP) is 4.71. The van der Waals surface area contributed by atoms with E-state index in [9.17, 15) is 0 Å². The summed E-state index contributed by atoms with van der Waals surface area (Å²) in [6.07, 6.45) is 1.08. The van der Waals surface area contributed by atoms with Crippen molar-refractivity contribution in [3.05, 3.63) is 35.2 Å². The van der Waals surface area contributed by atoms with Gasteiger partial charge in [-0.25, -0.2) is 0 Å². The third-order valence-electron chi connectivity index (χ3n) is 2.89. The van der Waals surface area contributed by atoms with Crippen LogP contribution in [0.25, 0.3) is 10.1 Å². The van der Waals surface area contributed by atoms with Crippen molar-refractivity contribution in [2.24, 2.45) is 5.92 Å². The molecule has 0 fully saturated rings. The molecule has 2 unspecified atom stereocenters. The molecule has 0 saturated heterocycles. The molecule has 0 saturated carbocycles. The molecule has 1 heterocycles. The van der Waals surface area contributed by atoms with Crippen LogP contribution in [0.1, 0.15) is 19.4 Å². The Balaban J connectivity index is 2.29. The summed E-state index contributed by atoms with van der Waals surface area (Å²) in [5.41, 5.74) is 1.44. The van der Waals surface area contributed by atoms with E-state index >= 15 is 0 Å². The van der Waals surface area contributed by atoms with Crippen LogP contribution in [0.2, 0.25) is 0 Å². The molecule has 2 heteroatoms. The molecule has 2 atom stereocenters. The maximum Gasteiger partial charge on any atom is 0.0345 e. The van der Waals surface area contributed by atoms with Gasteiger partial charge in [0.15, 0.2) is 0 Å². The highest BCUT2D eigenvalue weighted by Crippen LogP contribution is 2.28. The minimum Gasteiger partial charge on any atom is -0.144 e. The number of alkyl halides is 1. The minimum atomic E-state index is 0.240. The number of benzene rings is 1. The number of hydrogen-bond donors (Lipinski definition) is 0. The average molecular weight is 239 g/mol. The van der Waals surface area contributed by atoms with Gasteiger partial charge in [-0.1, -0.05) is 25.1 Å². The second-order valence-electron chi connectivity index (χ2n) is 4.12. The van der Waals surface area contributed by atoms with Gasteiger partial charge in [-0.05, 0) is 41.7 Å². The van der Waals surface area contributed by atoms with Crippen LogP contribution in [0.15, 0.2) is 29.6 Å². The standard InChI is InChI=1S/C13H15ClS/c1-9(10(2)14)7-11-8-15-13-6-4-3-5-12(11)13/h3-6,8-10H,7H2,1-2H3. The lowest BCUT2D eigenvalue weighted by molar-refractivity contribution is 0.571. The van der Waals surface area contributed by atoms with Crippen LogP contribution in [0.3, 0.4) is 0 Å². The Labute approximate surface area is 99.9 Å². The highest BCUT2D eigenvalue weighted by molar-refractivity contribution is 7.17. The summed E-state index contributed by atoms with van der Waals surface area (Å²) in [6.45, 7) is 4.28. The summed E-state index contributed by atoms with van der Waals surface area (Å²) in [7, 11) is 0. The van der Waals surface area contributed by atoms with Crippen molar-refractivity contribution in [3.63, 3.8) is 0 Å². The Morgan fingerprint density at radius 3 is 2.73 bits per heavy atom. The highest BCUT2D eigenvalue weighted by Gasteiger charge is 2.12. The Hall–Kier alpha value is -0.530. The van der Waals surface area contributed by atoms with Gasteiger partial charge in [0, 0.05) is 10.1 Å². The first kappa shape index (κ1) is 11.0.